The maximum Gasteiger partial charge on any atom is 0.306 e. The van der Waals surface area contributed by atoms with Gasteiger partial charge in [0.1, 0.15) is 5.58 Å². The van der Waals surface area contributed by atoms with E-state index in [1.165, 1.54) is 0 Å². The zero-order chi connectivity index (χ0) is 18.0. The maximum atomic E-state index is 12.8. The number of amides is 1. The van der Waals surface area contributed by atoms with Gasteiger partial charge in [0, 0.05) is 23.5 Å². The third-order valence-electron chi connectivity index (χ3n) is 4.79. The van der Waals surface area contributed by atoms with Gasteiger partial charge in [-0.2, -0.15) is 0 Å². The highest BCUT2D eigenvalue weighted by Gasteiger charge is 2.28. The molecule has 3 rings (SSSR count). The fourth-order valence-corrected chi connectivity index (χ4v) is 3.49. The number of benzene rings is 1. The summed E-state index contributed by atoms with van der Waals surface area (Å²) in [7, 11) is 3.91. The first-order chi connectivity index (χ1) is 12.0. The zero-order valence-corrected chi connectivity index (χ0v) is 14.6. The fraction of sp³-hybridized carbons (Fsp3) is 0.474. The van der Waals surface area contributed by atoms with Crippen LogP contribution >= 0.6 is 0 Å². The maximum absolute atomic E-state index is 12.8. The summed E-state index contributed by atoms with van der Waals surface area (Å²) in [6.45, 7) is 0.617. The smallest absolute Gasteiger partial charge is 0.306 e. The molecular weight excluding hydrogens is 320 g/mol. The average molecular weight is 344 g/mol. The molecule has 1 amide bonds. The van der Waals surface area contributed by atoms with Crippen molar-refractivity contribution in [2.45, 2.75) is 38.3 Å². The third-order valence-corrected chi connectivity index (χ3v) is 4.79. The van der Waals surface area contributed by atoms with Crippen LogP contribution in [0.25, 0.3) is 11.0 Å². The van der Waals surface area contributed by atoms with E-state index >= 15 is 0 Å². The molecule has 0 bridgehead atoms. The molecule has 0 atom stereocenters. The molecule has 1 fully saturated rings. The van der Waals surface area contributed by atoms with Gasteiger partial charge in [-0.3, -0.25) is 9.59 Å². The number of carbonyl (C=O) groups is 2. The van der Waals surface area contributed by atoms with E-state index in [1.54, 1.807) is 0 Å². The molecule has 1 aromatic carbocycles. The topological polar surface area (TPSA) is 82.8 Å². The van der Waals surface area contributed by atoms with Crippen molar-refractivity contribution >= 4 is 22.8 Å². The van der Waals surface area contributed by atoms with Crippen molar-refractivity contribution in [2.24, 2.45) is 5.92 Å². The second-order valence-corrected chi connectivity index (χ2v) is 7.00. The zero-order valence-electron chi connectivity index (χ0n) is 14.6. The van der Waals surface area contributed by atoms with Gasteiger partial charge in [0.15, 0.2) is 5.76 Å². The van der Waals surface area contributed by atoms with E-state index < -0.39 is 5.97 Å². The number of nitrogens with zero attached hydrogens (tertiary/aromatic N) is 1. The van der Waals surface area contributed by atoms with Gasteiger partial charge in [-0.15, -0.1) is 0 Å². The van der Waals surface area contributed by atoms with E-state index in [9.17, 15) is 9.59 Å². The van der Waals surface area contributed by atoms with Crippen LogP contribution in [0.15, 0.2) is 28.7 Å². The highest BCUT2D eigenvalue weighted by atomic mass is 16.4. The largest absolute Gasteiger partial charge is 0.481 e. The minimum atomic E-state index is -0.740. The number of nitrogens with one attached hydrogen (secondary N) is 1. The van der Waals surface area contributed by atoms with Gasteiger partial charge < -0.3 is 19.7 Å². The molecule has 25 heavy (non-hydrogen) atoms. The number of carboxylic acids is 1. The van der Waals surface area contributed by atoms with Gasteiger partial charge in [0.2, 0.25) is 0 Å². The van der Waals surface area contributed by atoms with Gasteiger partial charge in [-0.25, -0.2) is 0 Å². The first-order valence-electron chi connectivity index (χ1n) is 8.64. The van der Waals surface area contributed by atoms with Gasteiger partial charge >= 0.3 is 5.97 Å². The Balaban J connectivity index is 1.77. The number of fused-ring (bicyclic) bond motifs is 1. The van der Waals surface area contributed by atoms with Crippen molar-refractivity contribution in [1.29, 1.82) is 0 Å². The van der Waals surface area contributed by atoms with E-state index in [-0.39, 0.29) is 17.9 Å². The number of para-hydroxylation sites is 1. The summed E-state index contributed by atoms with van der Waals surface area (Å²) in [6.07, 6.45) is 2.58. The fourth-order valence-electron chi connectivity index (χ4n) is 3.49. The van der Waals surface area contributed by atoms with E-state index in [2.05, 4.69) is 5.32 Å². The van der Waals surface area contributed by atoms with Crippen molar-refractivity contribution in [3.8, 4) is 0 Å². The number of carbonyl (C=O) groups excluding carboxylic acids is 1. The molecule has 6 nitrogen and oxygen atoms in total. The molecule has 1 aromatic heterocycles. The molecule has 0 spiro atoms. The van der Waals surface area contributed by atoms with Gasteiger partial charge in [0.05, 0.1) is 5.92 Å². The molecule has 0 aliphatic heterocycles. The highest BCUT2D eigenvalue weighted by Crippen LogP contribution is 2.28. The lowest BCUT2D eigenvalue weighted by molar-refractivity contribution is -0.142. The average Bonchev–Trinajstić information content (AvgIpc) is 2.93. The molecule has 134 valence electrons. The van der Waals surface area contributed by atoms with Crippen LogP contribution in [0.3, 0.4) is 0 Å². The third kappa shape index (κ3) is 3.85. The predicted molar refractivity (Wildman–Crippen MR) is 94.5 cm³/mol. The summed E-state index contributed by atoms with van der Waals surface area (Å²) in [5, 5.41) is 13.1. The lowest BCUT2D eigenvalue weighted by Crippen LogP contribution is -2.39. The van der Waals surface area contributed by atoms with Crippen LogP contribution in [0.5, 0.6) is 0 Å². The number of hydrogen-bond donors (Lipinski definition) is 2. The predicted octanol–water partition coefficient (Wildman–Crippen LogP) is 2.87. The second kappa shape index (κ2) is 7.27. The van der Waals surface area contributed by atoms with Crippen LogP contribution in [0.4, 0.5) is 0 Å². The first kappa shape index (κ1) is 17.5. The number of carboxylic acid groups (broad SMARTS) is 1. The minimum Gasteiger partial charge on any atom is -0.481 e. The summed E-state index contributed by atoms with van der Waals surface area (Å²) >= 11 is 0. The molecule has 2 N–H and O–H groups in total. The normalized spacial score (nSPS) is 20.8. The Bertz CT molecular complexity index is 773. The molecule has 0 saturated heterocycles. The summed E-state index contributed by atoms with van der Waals surface area (Å²) in [4.78, 5) is 25.8. The lowest BCUT2D eigenvalue weighted by atomic mass is 9.86. The van der Waals surface area contributed by atoms with Gasteiger partial charge in [-0.1, -0.05) is 18.2 Å². The van der Waals surface area contributed by atoms with Gasteiger partial charge in [-0.05, 0) is 45.8 Å². The van der Waals surface area contributed by atoms with Crippen LogP contribution in [0.2, 0.25) is 0 Å². The molecule has 0 radical (unpaired) electrons. The van der Waals surface area contributed by atoms with Crippen molar-refractivity contribution in [3.05, 3.63) is 35.6 Å². The number of rotatable bonds is 5. The standard InChI is InChI=1S/C19H24N2O4/c1-21(2)11-15-14-5-3-4-6-16(14)25-17(15)18(22)20-13-9-7-12(8-10-13)19(23)24/h3-6,12-13H,7-11H2,1-2H3,(H,20,22)(H,23,24). The molecular formula is C19H24N2O4. The van der Waals surface area contributed by atoms with Crippen LogP contribution in [0.1, 0.15) is 41.8 Å². The Morgan fingerprint density at radius 1 is 1.20 bits per heavy atom. The Morgan fingerprint density at radius 2 is 1.88 bits per heavy atom. The Hall–Kier alpha value is -2.34. The molecule has 1 heterocycles. The van der Waals surface area contributed by atoms with E-state index in [1.807, 2.05) is 43.3 Å². The Labute approximate surface area is 146 Å². The molecule has 6 heteroatoms. The van der Waals surface area contributed by atoms with E-state index in [0.717, 1.165) is 10.9 Å². The van der Waals surface area contributed by atoms with Crippen LogP contribution in [-0.4, -0.2) is 42.0 Å². The minimum absolute atomic E-state index is 0.00326. The summed E-state index contributed by atoms with van der Waals surface area (Å²) in [6, 6.07) is 7.66. The van der Waals surface area contributed by atoms with Crippen LogP contribution in [0, 0.1) is 5.92 Å². The number of hydrogen-bond acceptors (Lipinski definition) is 4. The van der Waals surface area contributed by atoms with Crippen LogP contribution in [-0.2, 0) is 11.3 Å². The van der Waals surface area contributed by atoms with Crippen molar-refractivity contribution in [1.82, 2.24) is 10.2 Å². The Morgan fingerprint density at radius 3 is 2.52 bits per heavy atom. The summed E-state index contributed by atoms with van der Waals surface area (Å²) in [5.74, 6) is -0.888. The number of aliphatic carboxylic acids is 1. The van der Waals surface area contributed by atoms with Crippen molar-refractivity contribution < 1.29 is 19.1 Å². The molecule has 2 aromatic rings. The van der Waals surface area contributed by atoms with Crippen LogP contribution < -0.4 is 5.32 Å². The highest BCUT2D eigenvalue weighted by molar-refractivity contribution is 5.99. The van der Waals surface area contributed by atoms with Crippen molar-refractivity contribution in [2.75, 3.05) is 14.1 Å². The van der Waals surface area contributed by atoms with E-state index in [4.69, 9.17) is 9.52 Å². The second-order valence-electron chi connectivity index (χ2n) is 7.00. The summed E-state index contributed by atoms with van der Waals surface area (Å²) in [5.41, 5.74) is 1.59. The molecule has 0 unspecified atom stereocenters. The van der Waals surface area contributed by atoms with E-state index in [0.29, 0.717) is 43.6 Å². The van der Waals surface area contributed by atoms with Gasteiger partial charge in [0.25, 0.3) is 5.91 Å². The molecule has 1 saturated carbocycles. The SMILES string of the molecule is CN(C)Cc1c(C(=O)NC2CCC(C(=O)O)CC2)oc2ccccc12. The molecule has 1 aliphatic rings. The van der Waals surface area contributed by atoms with Crippen molar-refractivity contribution in [3.63, 3.8) is 0 Å². The lowest BCUT2D eigenvalue weighted by Gasteiger charge is -2.26. The Kier molecular flexibility index (Phi) is 5.08. The molecule has 1 aliphatic carbocycles. The quantitative estimate of drug-likeness (QED) is 0.871. The summed E-state index contributed by atoms with van der Waals surface area (Å²) < 4.78 is 5.83. The monoisotopic (exact) mass is 344 g/mol. The first-order valence-corrected chi connectivity index (χ1v) is 8.64. The number of furan rings is 1.